The number of aromatic nitrogens is 2. The predicted octanol–water partition coefficient (Wildman–Crippen LogP) is 2.49. The maximum atomic E-state index is 14.1. The van der Waals surface area contributed by atoms with E-state index in [1.165, 1.54) is 13.8 Å². The van der Waals surface area contributed by atoms with Crippen molar-refractivity contribution < 1.29 is 38.1 Å². The zero-order chi connectivity index (χ0) is 30.1. The van der Waals surface area contributed by atoms with Crippen LogP contribution in [0.5, 0.6) is 5.75 Å². The van der Waals surface area contributed by atoms with Crippen LogP contribution in [0, 0.1) is 0 Å². The van der Waals surface area contributed by atoms with Crippen molar-refractivity contribution in [1.82, 2.24) is 14.6 Å². The fraction of sp³-hybridized carbons (Fsp3) is 0.423. The van der Waals surface area contributed by atoms with Gasteiger partial charge in [0.1, 0.15) is 34.6 Å². The van der Waals surface area contributed by atoms with Gasteiger partial charge in [0.25, 0.3) is 5.56 Å². The summed E-state index contributed by atoms with van der Waals surface area (Å²) in [5.41, 5.74) is -3.85. The summed E-state index contributed by atoms with van der Waals surface area (Å²) in [5.74, 6) is -0.518. The maximum Gasteiger partial charge on any atom is 0.459 e. The molecule has 2 unspecified atom stereocenters. The Morgan fingerprint density at radius 2 is 1.90 bits per heavy atom. The standard InChI is InChI=1S/C26H31ClN3O10P/c1-14(2)38-23(33)15(3)29-41(36,40-19-11-7-9-16-8-5-6-10-17(16)19)37-13-20-21(31)26(4,35)24(39-20)30-12-18(27)22(32)28-25(30)34/h5-12,14-15,20-21,24,31,35H,13H2,1-4H3,(H,29,36)(H,28,32,34)/t15-,20-,21-,24?,26-,41?/m1/s1. The Morgan fingerprint density at radius 1 is 1.22 bits per heavy atom. The van der Waals surface area contributed by atoms with Crippen LogP contribution < -0.4 is 20.9 Å². The molecule has 1 aliphatic rings. The number of H-pyrrole nitrogens is 1. The highest BCUT2D eigenvalue weighted by Gasteiger charge is 2.54. The Hall–Kier alpha value is -3.03. The van der Waals surface area contributed by atoms with Crippen molar-refractivity contribution in [3.8, 4) is 5.75 Å². The van der Waals surface area contributed by atoms with Gasteiger partial charge in [0, 0.05) is 11.6 Å². The normalized spacial score (nSPS) is 24.7. The third-order valence-corrected chi connectivity index (χ3v) is 8.26. The third-order valence-electron chi connectivity index (χ3n) is 6.37. The van der Waals surface area contributed by atoms with Crippen molar-refractivity contribution in [1.29, 1.82) is 0 Å². The lowest BCUT2D eigenvalue weighted by Crippen LogP contribution is -2.47. The van der Waals surface area contributed by atoms with Crippen LogP contribution >= 0.6 is 19.3 Å². The average Bonchev–Trinajstić information content (AvgIpc) is 3.13. The summed E-state index contributed by atoms with van der Waals surface area (Å²) < 4.78 is 37.3. The molecule has 15 heteroatoms. The monoisotopic (exact) mass is 611 g/mol. The van der Waals surface area contributed by atoms with Gasteiger partial charge in [-0.25, -0.2) is 9.36 Å². The van der Waals surface area contributed by atoms with E-state index in [9.17, 15) is 29.2 Å². The summed E-state index contributed by atoms with van der Waals surface area (Å²) in [6.45, 7) is 5.34. The quantitative estimate of drug-likeness (QED) is 0.195. The van der Waals surface area contributed by atoms with Gasteiger partial charge in [-0.2, -0.15) is 5.09 Å². The lowest BCUT2D eigenvalue weighted by molar-refractivity contribution is -0.149. The molecule has 0 bridgehead atoms. The van der Waals surface area contributed by atoms with Crippen LogP contribution in [0.1, 0.15) is 33.9 Å². The summed E-state index contributed by atoms with van der Waals surface area (Å²) in [7, 11) is -4.40. The van der Waals surface area contributed by atoms with E-state index in [1.54, 1.807) is 38.1 Å². The minimum Gasteiger partial charge on any atom is -0.462 e. The molecule has 1 saturated heterocycles. The molecule has 6 atom stereocenters. The Bertz CT molecular complexity index is 1580. The molecule has 2 heterocycles. The number of esters is 1. The zero-order valence-electron chi connectivity index (χ0n) is 22.6. The van der Waals surface area contributed by atoms with Crippen molar-refractivity contribution >= 4 is 36.1 Å². The fourth-order valence-electron chi connectivity index (χ4n) is 4.30. The smallest absolute Gasteiger partial charge is 0.459 e. The maximum absolute atomic E-state index is 14.1. The van der Waals surface area contributed by atoms with E-state index in [4.69, 9.17) is 30.1 Å². The number of aliphatic hydroxyl groups excluding tert-OH is 1. The molecule has 13 nitrogen and oxygen atoms in total. The molecule has 41 heavy (non-hydrogen) atoms. The summed E-state index contributed by atoms with van der Waals surface area (Å²) >= 11 is 5.85. The summed E-state index contributed by atoms with van der Waals surface area (Å²) in [4.78, 5) is 38.6. The number of aliphatic hydroxyl groups is 2. The van der Waals surface area contributed by atoms with E-state index in [0.29, 0.717) is 5.39 Å². The number of carbonyl (C=O) groups excluding carboxylic acids is 1. The average molecular weight is 612 g/mol. The van der Waals surface area contributed by atoms with Gasteiger partial charge in [0.15, 0.2) is 6.23 Å². The second kappa shape index (κ2) is 12.1. The number of benzene rings is 2. The summed E-state index contributed by atoms with van der Waals surface area (Å²) in [6.07, 6.45) is -3.96. The number of hydrogen-bond acceptors (Lipinski definition) is 10. The Labute approximate surface area is 239 Å². The SMILES string of the molecule is CC(C)OC(=O)[C@@H](C)NP(=O)(OC[C@H]1OC(n2cc(Cl)c(=O)[nH]c2=O)[C@](C)(O)[C@@H]1O)Oc1cccc2ccccc12. The molecule has 0 radical (unpaired) electrons. The van der Waals surface area contributed by atoms with Gasteiger partial charge in [-0.3, -0.25) is 23.7 Å². The second-order valence-corrected chi connectivity index (χ2v) is 12.1. The highest BCUT2D eigenvalue weighted by Crippen LogP contribution is 2.48. The van der Waals surface area contributed by atoms with Crippen LogP contribution in [-0.4, -0.2) is 62.3 Å². The number of carbonyl (C=O) groups is 1. The van der Waals surface area contributed by atoms with Gasteiger partial charge in [-0.15, -0.1) is 0 Å². The topological polar surface area (TPSA) is 178 Å². The van der Waals surface area contributed by atoms with Crippen molar-refractivity contribution in [3.05, 3.63) is 74.5 Å². The van der Waals surface area contributed by atoms with E-state index in [2.05, 4.69) is 5.09 Å². The molecular weight excluding hydrogens is 581 g/mol. The van der Waals surface area contributed by atoms with Crippen LogP contribution in [0.3, 0.4) is 0 Å². The first-order valence-corrected chi connectivity index (χ1v) is 14.6. The molecule has 3 aromatic rings. The van der Waals surface area contributed by atoms with Crippen molar-refractivity contribution in [2.75, 3.05) is 6.61 Å². The van der Waals surface area contributed by atoms with E-state index in [0.717, 1.165) is 16.2 Å². The van der Waals surface area contributed by atoms with E-state index in [1.807, 2.05) is 23.2 Å². The lowest BCUT2D eigenvalue weighted by Gasteiger charge is -2.27. The van der Waals surface area contributed by atoms with Gasteiger partial charge in [-0.1, -0.05) is 48.0 Å². The zero-order valence-corrected chi connectivity index (χ0v) is 24.3. The van der Waals surface area contributed by atoms with Crippen molar-refractivity contribution in [2.24, 2.45) is 0 Å². The van der Waals surface area contributed by atoms with Crippen LogP contribution in [0.4, 0.5) is 0 Å². The first-order valence-electron chi connectivity index (χ1n) is 12.7. The predicted molar refractivity (Wildman–Crippen MR) is 149 cm³/mol. The molecule has 0 amide bonds. The fourth-order valence-corrected chi connectivity index (χ4v) is 5.98. The second-order valence-electron chi connectivity index (χ2n) is 10.0. The third kappa shape index (κ3) is 6.73. The van der Waals surface area contributed by atoms with Gasteiger partial charge in [-0.05, 0) is 39.1 Å². The minimum atomic E-state index is -4.40. The van der Waals surface area contributed by atoms with E-state index in [-0.39, 0.29) is 10.8 Å². The number of ether oxygens (including phenoxy) is 2. The number of hydrogen-bond donors (Lipinski definition) is 4. The van der Waals surface area contributed by atoms with E-state index < -0.39 is 67.8 Å². The van der Waals surface area contributed by atoms with Crippen LogP contribution in [0.25, 0.3) is 10.8 Å². The van der Waals surface area contributed by atoms with Crippen molar-refractivity contribution in [2.45, 2.75) is 63.9 Å². The highest BCUT2D eigenvalue weighted by atomic mass is 35.5. The molecule has 1 fully saturated rings. The summed E-state index contributed by atoms with van der Waals surface area (Å²) in [5, 5.41) is 25.5. The first kappa shape index (κ1) is 30.9. The Kier molecular flexibility index (Phi) is 9.10. The summed E-state index contributed by atoms with van der Waals surface area (Å²) in [6, 6.07) is 11.1. The molecule has 1 aromatic heterocycles. The van der Waals surface area contributed by atoms with Gasteiger partial charge >= 0.3 is 19.4 Å². The minimum absolute atomic E-state index is 0.190. The van der Waals surface area contributed by atoms with Crippen molar-refractivity contribution in [3.63, 3.8) is 0 Å². The lowest BCUT2D eigenvalue weighted by atomic mass is 9.96. The number of halogens is 1. The Balaban J connectivity index is 1.61. The first-order chi connectivity index (χ1) is 19.2. The number of rotatable bonds is 10. The van der Waals surface area contributed by atoms with E-state index >= 15 is 0 Å². The molecule has 0 aliphatic carbocycles. The largest absolute Gasteiger partial charge is 0.462 e. The molecule has 222 valence electrons. The van der Waals surface area contributed by atoms with Crippen LogP contribution in [-0.2, 0) is 23.4 Å². The van der Waals surface area contributed by atoms with Gasteiger partial charge in [0.05, 0.1) is 12.7 Å². The molecule has 2 aromatic carbocycles. The number of nitrogens with zero attached hydrogens (tertiary/aromatic N) is 1. The number of fused-ring (bicyclic) bond motifs is 1. The molecule has 1 aliphatic heterocycles. The van der Waals surface area contributed by atoms with Crippen LogP contribution in [0.15, 0.2) is 58.3 Å². The highest BCUT2D eigenvalue weighted by molar-refractivity contribution is 7.52. The number of aromatic amines is 1. The van der Waals surface area contributed by atoms with Gasteiger partial charge < -0.3 is 24.2 Å². The molecule has 4 N–H and O–H groups in total. The molecular formula is C26H31ClN3O10P. The van der Waals surface area contributed by atoms with Gasteiger partial charge in [0.2, 0.25) is 0 Å². The Morgan fingerprint density at radius 3 is 2.61 bits per heavy atom. The molecule has 4 rings (SSSR count). The molecule has 0 spiro atoms. The number of nitrogens with one attached hydrogen (secondary N) is 2. The van der Waals surface area contributed by atoms with Crippen LogP contribution in [0.2, 0.25) is 5.02 Å². The molecule has 0 saturated carbocycles.